The lowest BCUT2D eigenvalue weighted by Gasteiger charge is -1.97. The first-order valence-corrected chi connectivity index (χ1v) is 9.55. The van der Waals surface area contributed by atoms with Crippen LogP contribution < -0.4 is 5.43 Å². The monoisotopic (exact) mass is 414 g/mol. The molecule has 0 atom stereocenters. The van der Waals surface area contributed by atoms with Crippen molar-refractivity contribution in [3.8, 4) is 11.3 Å². The standard InChI is InChI=1S/C20H12Cl2N2O2S/c21-13-7-5-12(6-8-13)16-10-9-14(26-16)11-23-24-20(25)19-18(22)15-3-1-2-4-17(15)27-19/h1-11H,(H,24,25)/b23-11+. The first kappa shape index (κ1) is 17.8. The zero-order valence-electron chi connectivity index (χ0n) is 13.8. The molecule has 1 N–H and O–H groups in total. The van der Waals surface area contributed by atoms with Gasteiger partial charge in [0.25, 0.3) is 5.91 Å². The smallest absolute Gasteiger partial charge is 0.283 e. The number of carbonyl (C=O) groups is 1. The van der Waals surface area contributed by atoms with Gasteiger partial charge in [0.2, 0.25) is 0 Å². The van der Waals surface area contributed by atoms with Crippen LogP contribution in [0.1, 0.15) is 15.4 Å². The van der Waals surface area contributed by atoms with Crippen LogP contribution in [0.4, 0.5) is 0 Å². The molecule has 7 heteroatoms. The van der Waals surface area contributed by atoms with Crippen molar-refractivity contribution in [2.24, 2.45) is 5.10 Å². The third-order valence-corrected chi connectivity index (χ3v) is 5.78. The van der Waals surface area contributed by atoms with E-state index < -0.39 is 0 Å². The van der Waals surface area contributed by atoms with Crippen LogP contribution in [0.3, 0.4) is 0 Å². The summed E-state index contributed by atoms with van der Waals surface area (Å²) in [6.45, 7) is 0. The Kier molecular flexibility index (Phi) is 4.99. The van der Waals surface area contributed by atoms with Crippen molar-refractivity contribution in [3.05, 3.63) is 81.3 Å². The number of furan rings is 1. The highest BCUT2D eigenvalue weighted by atomic mass is 35.5. The van der Waals surface area contributed by atoms with Crippen LogP contribution in [0.5, 0.6) is 0 Å². The van der Waals surface area contributed by atoms with Crippen molar-refractivity contribution >= 4 is 56.7 Å². The van der Waals surface area contributed by atoms with Crippen molar-refractivity contribution in [2.45, 2.75) is 0 Å². The van der Waals surface area contributed by atoms with E-state index in [4.69, 9.17) is 27.6 Å². The maximum Gasteiger partial charge on any atom is 0.283 e. The Morgan fingerprint density at radius 1 is 1.04 bits per heavy atom. The Morgan fingerprint density at radius 3 is 2.59 bits per heavy atom. The van der Waals surface area contributed by atoms with Gasteiger partial charge in [-0.05, 0) is 42.5 Å². The normalized spacial score (nSPS) is 11.3. The Hall–Kier alpha value is -2.60. The van der Waals surface area contributed by atoms with Gasteiger partial charge in [-0.2, -0.15) is 5.10 Å². The Morgan fingerprint density at radius 2 is 1.81 bits per heavy atom. The number of hydrogen-bond acceptors (Lipinski definition) is 4. The molecule has 1 amide bonds. The summed E-state index contributed by atoms with van der Waals surface area (Å²) in [6, 6.07) is 18.5. The molecule has 0 aliphatic heterocycles. The van der Waals surface area contributed by atoms with Crippen LogP contribution in [0.15, 0.2) is 70.2 Å². The second kappa shape index (κ2) is 7.56. The van der Waals surface area contributed by atoms with E-state index in [2.05, 4.69) is 10.5 Å². The van der Waals surface area contributed by atoms with Crippen LogP contribution in [-0.2, 0) is 0 Å². The molecule has 0 saturated heterocycles. The first-order valence-electron chi connectivity index (χ1n) is 7.98. The van der Waals surface area contributed by atoms with Crippen LogP contribution in [0.2, 0.25) is 10.0 Å². The van der Waals surface area contributed by atoms with Gasteiger partial charge in [-0.15, -0.1) is 11.3 Å². The highest BCUT2D eigenvalue weighted by Crippen LogP contribution is 2.34. The SMILES string of the molecule is O=C(N/N=C/c1ccc(-c2ccc(Cl)cc2)o1)c1sc2ccccc2c1Cl. The van der Waals surface area contributed by atoms with E-state index in [1.165, 1.54) is 17.6 Å². The number of hydrazone groups is 1. The van der Waals surface area contributed by atoms with Crippen molar-refractivity contribution in [3.63, 3.8) is 0 Å². The summed E-state index contributed by atoms with van der Waals surface area (Å²) in [5, 5.41) is 5.92. The van der Waals surface area contributed by atoms with Gasteiger partial charge in [0.1, 0.15) is 16.4 Å². The highest BCUT2D eigenvalue weighted by molar-refractivity contribution is 7.21. The Labute approximate surface area is 169 Å². The number of thiophene rings is 1. The van der Waals surface area contributed by atoms with Gasteiger partial charge >= 0.3 is 0 Å². The lowest BCUT2D eigenvalue weighted by molar-refractivity contribution is 0.0959. The van der Waals surface area contributed by atoms with Crippen molar-refractivity contribution in [2.75, 3.05) is 0 Å². The fraction of sp³-hybridized carbons (Fsp3) is 0. The van der Waals surface area contributed by atoms with Crippen LogP contribution in [-0.4, -0.2) is 12.1 Å². The topological polar surface area (TPSA) is 54.6 Å². The van der Waals surface area contributed by atoms with E-state index in [-0.39, 0.29) is 5.91 Å². The molecule has 2 aromatic heterocycles. The van der Waals surface area contributed by atoms with Gasteiger partial charge in [-0.1, -0.05) is 41.4 Å². The summed E-state index contributed by atoms with van der Waals surface area (Å²) >= 11 is 13.5. The molecule has 0 unspecified atom stereocenters. The minimum Gasteiger partial charge on any atom is -0.455 e. The molecule has 4 nitrogen and oxygen atoms in total. The van der Waals surface area contributed by atoms with E-state index in [9.17, 15) is 4.79 Å². The van der Waals surface area contributed by atoms with Crippen molar-refractivity contribution in [1.29, 1.82) is 0 Å². The third kappa shape index (κ3) is 3.76. The van der Waals surface area contributed by atoms with E-state index >= 15 is 0 Å². The summed E-state index contributed by atoms with van der Waals surface area (Å²) in [5.41, 5.74) is 3.39. The van der Waals surface area contributed by atoms with Gasteiger partial charge in [-0.3, -0.25) is 4.79 Å². The minimum absolute atomic E-state index is 0.359. The van der Waals surface area contributed by atoms with Gasteiger partial charge in [-0.25, -0.2) is 5.43 Å². The number of hydrogen-bond donors (Lipinski definition) is 1. The molecular formula is C20H12Cl2N2O2S. The lowest BCUT2D eigenvalue weighted by Crippen LogP contribution is -2.16. The van der Waals surface area contributed by atoms with Crippen molar-refractivity contribution < 1.29 is 9.21 Å². The van der Waals surface area contributed by atoms with Crippen LogP contribution >= 0.6 is 34.5 Å². The molecule has 2 heterocycles. The van der Waals surface area contributed by atoms with E-state index in [0.29, 0.717) is 26.4 Å². The molecule has 2 aromatic carbocycles. The fourth-order valence-electron chi connectivity index (χ4n) is 2.56. The Bertz CT molecular complexity index is 1150. The van der Waals surface area contributed by atoms with Crippen molar-refractivity contribution in [1.82, 2.24) is 5.43 Å². The molecule has 0 aliphatic rings. The summed E-state index contributed by atoms with van der Waals surface area (Å²) < 4.78 is 6.66. The molecule has 0 fully saturated rings. The number of nitrogens with one attached hydrogen (secondary N) is 1. The number of halogens is 2. The molecule has 0 bridgehead atoms. The zero-order chi connectivity index (χ0) is 18.8. The molecule has 4 aromatic rings. The first-order chi connectivity index (χ1) is 13.1. The molecule has 4 rings (SSSR count). The number of benzene rings is 2. The summed E-state index contributed by atoms with van der Waals surface area (Å²) in [4.78, 5) is 12.8. The van der Waals surface area contributed by atoms with Gasteiger partial charge < -0.3 is 4.42 Å². The van der Waals surface area contributed by atoms with Gasteiger partial charge in [0, 0.05) is 20.7 Å². The average molecular weight is 415 g/mol. The average Bonchev–Trinajstić information content (AvgIpc) is 3.28. The number of amides is 1. The maximum absolute atomic E-state index is 12.3. The molecular weight excluding hydrogens is 403 g/mol. The fourth-order valence-corrected chi connectivity index (χ4v) is 4.09. The number of carbonyl (C=O) groups excluding carboxylic acids is 1. The van der Waals surface area contributed by atoms with Gasteiger partial charge in [0.15, 0.2) is 0 Å². The van der Waals surface area contributed by atoms with Gasteiger partial charge in [0.05, 0.1) is 11.2 Å². The number of rotatable bonds is 4. The van der Waals surface area contributed by atoms with E-state index in [0.717, 1.165) is 15.6 Å². The molecule has 27 heavy (non-hydrogen) atoms. The van der Waals surface area contributed by atoms with E-state index in [1.807, 2.05) is 42.5 Å². The van der Waals surface area contributed by atoms with E-state index in [1.54, 1.807) is 18.2 Å². The van der Waals surface area contributed by atoms with Crippen LogP contribution in [0.25, 0.3) is 21.4 Å². The molecule has 0 radical (unpaired) electrons. The molecule has 0 aliphatic carbocycles. The predicted octanol–water partition coefficient (Wildman–Crippen LogP) is 6.23. The zero-order valence-corrected chi connectivity index (χ0v) is 16.1. The molecule has 0 saturated carbocycles. The molecule has 0 spiro atoms. The second-order valence-corrected chi connectivity index (χ2v) is 7.52. The summed E-state index contributed by atoms with van der Waals surface area (Å²) in [5.74, 6) is 0.844. The minimum atomic E-state index is -0.359. The number of nitrogens with zero attached hydrogens (tertiary/aromatic N) is 1. The highest BCUT2D eigenvalue weighted by Gasteiger charge is 2.16. The molecule has 134 valence electrons. The lowest BCUT2D eigenvalue weighted by atomic mass is 10.2. The van der Waals surface area contributed by atoms with Crippen LogP contribution in [0, 0.1) is 0 Å². The third-order valence-electron chi connectivity index (χ3n) is 3.85. The predicted molar refractivity (Wildman–Crippen MR) is 111 cm³/mol. The maximum atomic E-state index is 12.3. The summed E-state index contributed by atoms with van der Waals surface area (Å²) in [7, 11) is 0. The summed E-state index contributed by atoms with van der Waals surface area (Å²) in [6.07, 6.45) is 1.44. The number of fused-ring (bicyclic) bond motifs is 1. The Balaban J connectivity index is 1.46. The second-order valence-electron chi connectivity index (χ2n) is 5.65. The quantitative estimate of drug-likeness (QED) is 0.317. The largest absolute Gasteiger partial charge is 0.455 e.